The highest BCUT2D eigenvalue weighted by Gasteiger charge is 2.17. The summed E-state index contributed by atoms with van der Waals surface area (Å²) in [5, 5.41) is 6.53. The van der Waals surface area contributed by atoms with Gasteiger partial charge in [-0.3, -0.25) is 9.59 Å². The van der Waals surface area contributed by atoms with Crippen LogP contribution in [0.3, 0.4) is 0 Å². The lowest BCUT2D eigenvalue weighted by Crippen LogP contribution is -2.25. The van der Waals surface area contributed by atoms with E-state index in [1.807, 2.05) is 30.3 Å². The number of thiophene rings is 1. The van der Waals surface area contributed by atoms with E-state index < -0.39 is 23.4 Å². The molecule has 9 nitrogen and oxygen atoms in total. The van der Waals surface area contributed by atoms with E-state index in [-0.39, 0.29) is 23.5 Å². The molecule has 0 spiro atoms. The van der Waals surface area contributed by atoms with Gasteiger partial charge < -0.3 is 22.1 Å². The first-order valence-electron chi connectivity index (χ1n) is 11.6. The van der Waals surface area contributed by atoms with Crippen LogP contribution in [0.1, 0.15) is 31.2 Å². The SMILES string of the molecule is NC(=O)c1cnc(NCc2ccc(-c3ccc4ncnc(N)c4c3)s2)c(C(=O)NCc2ccc(F)c(F)c2)c1. The summed E-state index contributed by atoms with van der Waals surface area (Å²) in [4.78, 5) is 39.1. The maximum Gasteiger partial charge on any atom is 0.255 e. The van der Waals surface area contributed by atoms with Gasteiger partial charge in [0.25, 0.3) is 5.91 Å². The molecular weight excluding hydrogens is 524 g/mol. The quantitative estimate of drug-likeness (QED) is 0.228. The average molecular weight is 546 g/mol. The molecule has 6 N–H and O–H groups in total. The summed E-state index contributed by atoms with van der Waals surface area (Å²) in [6.45, 7) is 0.280. The third kappa shape index (κ3) is 5.65. The lowest BCUT2D eigenvalue weighted by Gasteiger charge is -2.12. The first-order chi connectivity index (χ1) is 18.8. The van der Waals surface area contributed by atoms with Crippen molar-refractivity contribution in [1.29, 1.82) is 0 Å². The molecule has 0 saturated heterocycles. The van der Waals surface area contributed by atoms with Crippen LogP contribution in [0.5, 0.6) is 0 Å². The van der Waals surface area contributed by atoms with Crippen molar-refractivity contribution in [3.8, 4) is 10.4 Å². The molecule has 2 amide bonds. The van der Waals surface area contributed by atoms with Gasteiger partial charge in [-0.1, -0.05) is 12.1 Å². The molecule has 0 unspecified atom stereocenters. The van der Waals surface area contributed by atoms with Gasteiger partial charge in [0, 0.05) is 27.9 Å². The fourth-order valence-electron chi connectivity index (χ4n) is 3.87. The third-order valence-corrected chi connectivity index (χ3v) is 7.03. The first-order valence-corrected chi connectivity index (χ1v) is 12.5. The minimum atomic E-state index is -1.02. The summed E-state index contributed by atoms with van der Waals surface area (Å²) in [6.07, 6.45) is 2.70. The highest BCUT2D eigenvalue weighted by Crippen LogP contribution is 2.31. The summed E-state index contributed by atoms with van der Waals surface area (Å²) in [5.41, 5.74) is 13.6. The van der Waals surface area contributed by atoms with Crippen molar-refractivity contribution in [2.24, 2.45) is 5.73 Å². The largest absolute Gasteiger partial charge is 0.383 e. The van der Waals surface area contributed by atoms with Crippen molar-refractivity contribution >= 4 is 45.7 Å². The Morgan fingerprint density at radius 3 is 2.56 bits per heavy atom. The van der Waals surface area contributed by atoms with Crippen LogP contribution in [0, 0.1) is 11.6 Å². The molecule has 12 heteroatoms. The number of pyridine rings is 1. The highest BCUT2D eigenvalue weighted by atomic mass is 32.1. The third-order valence-electron chi connectivity index (χ3n) is 5.90. The smallest absolute Gasteiger partial charge is 0.255 e. The van der Waals surface area contributed by atoms with Crippen LogP contribution in [0.25, 0.3) is 21.3 Å². The number of nitrogens with one attached hydrogen (secondary N) is 2. The monoisotopic (exact) mass is 545 g/mol. The van der Waals surface area contributed by atoms with Crippen molar-refractivity contribution in [3.05, 3.63) is 100 Å². The number of nitrogens with zero attached hydrogens (tertiary/aromatic N) is 3. The Morgan fingerprint density at radius 2 is 1.77 bits per heavy atom. The maximum atomic E-state index is 13.5. The van der Waals surface area contributed by atoms with Crippen molar-refractivity contribution in [1.82, 2.24) is 20.3 Å². The molecule has 0 aliphatic heterocycles. The van der Waals surface area contributed by atoms with E-state index in [4.69, 9.17) is 11.5 Å². The molecule has 5 aromatic rings. The topological polar surface area (TPSA) is 149 Å². The van der Waals surface area contributed by atoms with Gasteiger partial charge in [-0.05, 0) is 53.6 Å². The zero-order valence-corrected chi connectivity index (χ0v) is 21.1. The summed E-state index contributed by atoms with van der Waals surface area (Å²) >= 11 is 1.54. The molecule has 3 heterocycles. The van der Waals surface area contributed by atoms with Crippen LogP contribution in [0.15, 0.2) is 67.1 Å². The minimum Gasteiger partial charge on any atom is -0.383 e. The predicted octanol–water partition coefficient (Wildman–Crippen LogP) is 4.25. The number of nitrogen functional groups attached to an aromatic ring is 1. The van der Waals surface area contributed by atoms with Crippen LogP contribution in [-0.2, 0) is 13.1 Å². The van der Waals surface area contributed by atoms with Gasteiger partial charge in [0.2, 0.25) is 5.91 Å². The molecule has 2 aromatic carbocycles. The number of carbonyl (C=O) groups excluding carboxylic acids is 2. The molecule has 0 fully saturated rings. The molecule has 5 rings (SSSR count). The van der Waals surface area contributed by atoms with Crippen molar-refractivity contribution in [2.45, 2.75) is 13.1 Å². The Labute approximate surface area is 224 Å². The van der Waals surface area contributed by atoms with Crippen LogP contribution in [-0.4, -0.2) is 26.8 Å². The number of nitrogens with two attached hydrogens (primary N) is 2. The second-order valence-electron chi connectivity index (χ2n) is 8.53. The molecule has 0 radical (unpaired) electrons. The molecule has 196 valence electrons. The highest BCUT2D eigenvalue weighted by molar-refractivity contribution is 7.15. The molecule has 0 bridgehead atoms. The van der Waals surface area contributed by atoms with Gasteiger partial charge in [0.05, 0.1) is 23.2 Å². The summed E-state index contributed by atoms with van der Waals surface area (Å²) in [5.74, 6) is -2.68. The van der Waals surface area contributed by atoms with Gasteiger partial charge in [0.15, 0.2) is 11.6 Å². The molecule has 0 saturated carbocycles. The number of amides is 2. The molecule has 0 aliphatic rings. The van der Waals surface area contributed by atoms with Gasteiger partial charge >= 0.3 is 0 Å². The fourth-order valence-corrected chi connectivity index (χ4v) is 4.81. The standard InChI is InChI=1S/C27H21F2N7O2S/c28-20-4-1-14(7-21(20)29)10-34-27(38)19-9-16(25(31)37)11-32-26(19)33-12-17-3-6-23(39-17)15-2-5-22-18(8-15)24(30)36-13-35-22/h1-9,11,13H,10,12H2,(H2,31,37)(H,32,33)(H,34,38)(H2,30,35,36). The predicted molar refractivity (Wildman–Crippen MR) is 145 cm³/mol. The van der Waals surface area contributed by atoms with E-state index >= 15 is 0 Å². The summed E-state index contributed by atoms with van der Waals surface area (Å²) in [6, 6.07) is 14.4. The van der Waals surface area contributed by atoms with Crippen molar-refractivity contribution < 1.29 is 18.4 Å². The molecule has 39 heavy (non-hydrogen) atoms. The van der Waals surface area contributed by atoms with Gasteiger partial charge in [-0.15, -0.1) is 11.3 Å². The number of halogens is 2. The van der Waals surface area contributed by atoms with Gasteiger partial charge in [0.1, 0.15) is 18.0 Å². The minimum absolute atomic E-state index is 0.0523. The van der Waals surface area contributed by atoms with Crippen molar-refractivity contribution in [3.63, 3.8) is 0 Å². The van der Waals surface area contributed by atoms with Crippen molar-refractivity contribution in [2.75, 3.05) is 11.1 Å². The number of rotatable bonds is 8. The summed E-state index contributed by atoms with van der Waals surface area (Å²) < 4.78 is 26.7. The second-order valence-corrected chi connectivity index (χ2v) is 9.69. The van der Waals surface area contributed by atoms with E-state index in [1.54, 1.807) is 0 Å². The lowest BCUT2D eigenvalue weighted by atomic mass is 10.1. The number of hydrogen-bond acceptors (Lipinski definition) is 8. The van der Waals surface area contributed by atoms with Crippen LogP contribution in [0.4, 0.5) is 20.4 Å². The normalized spacial score (nSPS) is 10.9. The second kappa shape index (κ2) is 10.8. The zero-order chi connectivity index (χ0) is 27.5. The molecule has 3 aromatic heterocycles. The molecule has 0 aliphatic carbocycles. The van der Waals surface area contributed by atoms with Crippen LogP contribution in [0.2, 0.25) is 0 Å². The van der Waals surface area contributed by atoms with Crippen LogP contribution < -0.4 is 22.1 Å². The zero-order valence-electron chi connectivity index (χ0n) is 20.2. The number of aromatic nitrogens is 3. The fraction of sp³-hybridized carbons (Fsp3) is 0.0741. The first kappa shape index (κ1) is 25.7. The lowest BCUT2D eigenvalue weighted by molar-refractivity contribution is 0.0951. The molecular formula is C27H21F2N7O2S. The van der Waals surface area contributed by atoms with E-state index in [1.165, 1.54) is 36.0 Å². The molecule has 0 atom stereocenters. The Bertz CT molecular complexity index is 1720. The van der Waals surface area contributed by atoms with E-state index in [2.05, 4.69) is 25.6 Å². The van der Waals surface area contributed by atoms with Gasteiger partial charge in [-0.25, -0.2) is 23.7 Å². The Kier molecular flexibility index (Phi) is 7.10. The number of anilines is 2. The van der Waals surface area contributed by atoms with E-state index in [9.17, 15) is 18.4 Å². The number of hydrogen-bond donors (Lipinski definition) is 4. The van der Waals surface area contributed by atoms with Crippen LogP contribution >= 0.6 is 11.3 Å². The number of benzene rings is 2. The average Bonchev–Trinajstić information content (AvgIpc) is 3.41. The number of primary amides is 1. The van der Waals surface area contributed by atoms with Gasteiger partial charge in [-0.2, -0.15) is 0 Å². The summed E-state index contributed by atoms with van der Waals surface area (Å²) in [7, 11) is 0. The number of carbonyl (C=O) groups is 2. The number of fused-ring (bicyclic) bond motifs is 1. The Hall–Kier alpha value is -4.97. The maximum absolute atomic E-state index is 13.5. The van der Waals surface area contributed by atoms with E-state index in [0.717, 1.165) is 38.4 Å². The Balaban J connectivity index is 1.33. The van der Waals surface area contributed by atoms with E-state index in [0.29, 0.717) is 17.9 Å². The Morgan fingerprint density at radius 1 is 0.923 bits per heavy atom.